The average molecular weight is 374 g/mol. The molecule has 0 fully saturated rings. The predicted molar refractivity (Wildman–Crippen MR) is 98.1 cm³/mol. The van der Waals surface area contributed by atoms with Crippen LogP contribution in [0.2, 0.25) is 0 Å². The third-order valence-corrected chi connectivity index (χ3v) is 4.53. The summed E-state index contributed by atoms with van der Waals surface area (Å²) in [7, 11) is -3.85. The highest BCUT2D eigenvalue weighted by Crippen LogP contribution is 2.13. The fraction of sp³-hybridized carbons (Fsp3) is 0.118. The molecule has 8 nitrogen and oxygen atoms in total. The number of hydrogen-bond donors (Lipinski definition) is 3. The Kier molecular flexibility index (Phi) is 6.59. The molecule has 0 unspecified atom stereocenters. The number of nitrogens with zero attached hydrogens (tertiary/aromatic N) is 1. The first-order valence-electron chi connectivity index (χ1n) is 7.61. The second-order valence-corrected chi connectivity index (χ2v) is 7.00. The SMILES string of the molecule is CC(=O)Nc1ccc(S(=O)(=O)NCC(=O)N/N=C/c2ccccc2)cc1. The van der Waals surface area contributed by atoms with E-state index in [9.17, 15) is 18.0 Å². The molecule has 0 saturated heterocycles. The molecular formula is C17H18N4O4S. The molecule has 2 amide bonds. The molecule has 0 bridgehead atoms. The molecule has 9 heteroatoms. The van der Waals surface area contributed by atoms with Crippen molar-refractivity contribution in [3.63, 3.8) is 0 Å². The van der Waals surface area contributed by atoms with Crippen molar-refractivity contribution in [2.24, 2.45) is 5.10 Å². The smallest absolute Gasteiger partial charge is 0.255 e. The minimum Gasteiger partial charge on any atom is -0.326 e. The molecule has 136 valence electrons. The van der Waals surface area contributed by atoms with Gasteiger partial charge in [-0.15, -0.1) is 0 Å². The fourth-order valence-corrected chi connectivity index (χ4v) is 2.90. The third kappa shape index (κ3) is 6.11. The zero-order chi connectivity index (χ0) is 19.0. The van der Waals surface area contributed by atoms with Gasteiger partial charge in [0.25, 0.3) is 5.91 Å². The van der Waals surface area contributed by atoms with Gasteiger partial charge < -0.3 is 5.32 Å². The molecule has 26 heavy (non-hydrogen) atoms. The topological polar surface area (TPSA) is 117 Å². The van der Waals surface area contributed by atoms with Crippen molar-refractivity contribution in [3.8, 4) is 0 Å². The molecule has 0 aromatic heterocycles. The summed E-state index contributed by atoms with van der Waals surface area (Å²) >= 11 is 0. The number of carbonyl (C=O) groups is 2. The summed E-state index contributed by atoms with van der Waals surface area (Å²) in [5.41, 5.74) is 3.52. The van der Waals surface area contributed by atoms with E-state index in [2.05, 4.69) is 20.6 Å². The lowest BCUT2D eigenvalue weighted by Gasteiger charge is -2.07. The summed E-state index contributed by atoms with van der Waals surface area (Å²) in [6, 6.07) is 14.7. The number of anilines is 1. The number of hydrazone groups is 1. The van der Waals surface area contributed by atoms with E-state index in [0.717, 1.165) is 5.56 Å². The monoisotopic (exact) mass is 374 g/mol. The lowest BCUT2D eigenvalue weighted by molar-refractivity contribution is -0.120. The summed E-state index contributed by atoms with van der Waals surface area (Å²) in [6.07, 6.45) is 1.45. The number of sulfonamides is 1. The van der Waals surface area contributed by atoms with Gasteiger partial charge in [0, 0.05) is 12.6 Å². The highest BCUT2D eigenvalue weighted by atomic mass is 32.2. The molecule has 2 aromatic rings. The van der Waals surface area contributed by atoms with E-state index in [1.165, 1.54) is 37.4 Å². The van der Waals surface area contributed by atoms with Gasteiger partial charge in [0.2, 0.25) is 15.9 Å². The molecule has 2 rings (SSSR count). The van der Waals surface area contributed by atoms with Gasteiger partial charge in [0.1, 0.15) is 0 Å². The first-order valence-corrected chi connectivity index (χ1v) is 9.09. The van der Waals surface area contributed by atoms with Crippen LogP contribution in [0.4, 0.5) is 5.69 Å². The minimum atomic E-state index is -3.85. The highest BCUT2D eigenvalue weighted by Gasteiger charge is 2.15. The Morgan fingerprint density at radius 1 is 1.04 bits per heavy atom. The van der Waals surface area contributed by atoms with Crippen LogP contribution in [-0.4, -0.2) is 33.0 Å². The summed E-state index contributed by atoms with van der Waals surface area (Å²) in [5, 5.41) is 6.29. The maximum absolute atomic E-state index is 12.1. The van der Waals surface area contributed by atoms with Crippen LogP contribution in [0, 0.1) is 0 Å². The molecule has 0 aliphatic rings. The van der Waals surface area contributed by atoms with Crippen LogP contribution in [0.5, 0.6) is 0 Å². The van der Waals surface area contributed by atoms with Crippen molar-refractivity contribution in [1.82, 2.24) is 10.1 Å². The zero-order valence-corrected chi connectivity index (χ0v) is 14.8. The van der Waals surface area contributed by atoms with Gasteiger partial charge in [0.05, 0.1) is 17.7 Å². The maximum Gasteiger partial charge on any atom is 0.255 e. The lowest BCUT2D eigenvalue weighted by Crippen LogP contribution is -2.34. The van der Waals surface area contributed by atoms with Gasteiger partial charge in [-0.25, -0.2) is 18.6 Å². The summed E-state index contributed by atoms with van der Waals surface area (Å²) in [4.78, 5) is 22.6. The second-order valence-electron chi connectivity index (χ2n) is 5.23. The van der Waals surface area contributed by atoms with E-state index >= 15 is 0 Å². The molecule has 0 heterocycles. The van der Waals surface area contributed by atoms with Gasteiger partial charge in [-0.05, 0) is 29.8 Å². The van der Waals surface area contributed by atoms with E-state index in [1.807, 2.05) is 30.3 Å². The molecule has 0 saturated carbocycles. The van der Waals surface area contributed by atoms with Gasteiger partial charge in [-0.2, -0.15) is 5.10 Å². The number of carbonyl (C=O) groups excluding carboxylic acids is 2. The van der Waals surface area contributed by atoms with Crippen molar-refractivity contribution < 1.29 is 18.0 Å². The molecule has 0 aliphatic heterocycles. The van der Waals surface area contributed by atoms with Gasteiger partial charge >= 0.3 is 0 Å². The lowest BCUT2D eigenvalue weighted by atomic mass is 10.2. The van der Waals surface area contributed by atoms with Gasteiger partial charge in [-0.1, -0.05) is 30.3 Å². The summed E-state index contributed by atoms with van der Waals surface area (Å²) in [5.74, 6) is -0.859. The molecule has 3 N–H and O–H groups in total. The van der Waals surface area contributed by atoms with E-state index < -0.39 is 22.5 Å². The Morgan fingerprint density at radius 2 is 1.69 bits per heavy atom. The van der Waals surface area contributed by atoms with Crippen molar-refractivity contribution in [2.75, 3.05) is 11.9 Å². The first kappa shape index (κ1) is 19.3. The molecule has 0 atom stereocenters. The number of amides is 2. The Bertz CT molecular complexity index is 894. The minimum absolute atomic E-state index is 0.0211. The molecular weight excluding hydrogens is 356 g/mol. The first-order chi connectivity index (χ1) is 12.4. The van der Waals surface area contributed by atoms with E-state index in [4.69, 9.17) is 0 Å². The van der Waals surface area contributed by atoms with E-state index in [0.29, 0.717) is 5.69 Å². The van der Waals surface area contributed by atoms with Gasteiger partial charge in [0.15, 0.2) is 0 Å². The largest absolute Gasteiger partial charge is 0.326 e. The van der Waals surface area contributed by atoms with Crippen LogP contribution < -0.4 is 15.5 Å². The standard InChI is InChI=1S/C17H18N4O4S/c1-13(22)20-15-7-9-16(10-8-15)26(24,25)19-12-17(23)21-18-11-14-5-3-2-4-6-14/h2-11,19H,12H2,1H3,(H,20,22)(H,21,23)/b18-11+. The van der Waals surface area contributed by atoms with Crippen LogP contribution in [0.1, 0.15) is 12.5 Å². The highest BCUT2D eigenvalue weighted by molar-refractivity contribution is 7.89. The fourth-order valence-electron chi connectivity index (χ4n) is 1.92. The second kappa shape index (κ2) is 8.88. The normalized spacial score (nSPS) is 11.3. The van der Waals surface area contributed by atoms with Crippen LogP contribution >= 0.6 is 0 Å². The van der Waals surface area contributed by atoms with E-state index in [1.54, 1.807) is 0 Å². The summed E-state index contributed by atoms with van der Waals surface area (Å²) < 4.78 is 26.5. The van der Waals surface area contributed by atoms with Crippen molar-refractivity contribution in [3.05, 3.63) is 60.2 Å². The van der Waals surface area contributed by atoms with Crippen LogP contribution in [0.3, 0.4) is 0 Å². The Labute approximate surface area is 151 Å². The molecule has 0 aliphatic carbocycles. The van der Waals surface area contributed by atoms with Crippen molar-refractivity contribution in [1.29, 1.82) is 0 Å². The quantitative estimate of drug-likeness (QED) is 0.496. The Hall–Kier alpha value is -3.04. The zero-order valence-electron chi connectivity index (χ0n) is 14.0. The van der Waals surface area contributed by atoms with Crippen molar-refractivity contribution in [2.45, 2.75) is 11.8 Å². The average Bonchev–Trinajstić information content (AvgIpc) is 2.61. The number of hydrogen-bond acceptors (Lipinski definition) is 5. The van der Waals surface area contributed by atoms with Crippen LogP contribution in [0.25, 0.3) is 0 Å². The number of rotatable bonds is 7. The van der Waals surface area contributed by atoms with Gasteiger partial charge in [-0.3, -0.25) is 9.59 Å². The van der Waals surface area contributed by atoms with Crippen LogP contribution in [0.15, 0.2) is 64.6 Å². The molecule has 0 radical (unpaired) electrons. The maximum atomic E-state index is 12.1. The number of benzene rings is 2. The molecule has 2 aromatic carbocycles. The van der Waals surface area contributed by atoms with Crippen LogP contribution in [-0.2, 0) is 19.6 Å². The predicted octanol–water partition coefficient (Wildman–Crippen LogP) is 1.07. The Balaban J connectivity index is 1.87. The Morgan fingerprint density at radius 3 is 2.31 bits per heavy atom. The third-order valence-electron chi connectivity index (χ3n) is 3.11. The van der Waals surface area contributed by atoms with E-state index in [-0.39, 0.29) is 10.8 Å². The molecule has 0 spiro atoms. The van der Waals surface area contributed by atoms with Crippen molar-refractivity contribution >= 4 is 33.7 Å². The summed E-state index contributed by atoms with van der Waals surface area (Å²) in [6.45, 7) is 0.896. The number of nitrogens with one attached hydrogen (secondary N) is 3.